The Morgan fingerprint density at radius 3 is 2.72 bits per heavy atom. The van der Waals surface area contributed by atoms with E-state index in [-0.39, 0.29) is 0 Å². The third-order valence-electron chi connectivity index (χ3n) is 3.46. The number of aryl methyl sites for hydroxylation is 1. The van der Waals surface area contributed by atoms with Crippen LogP contribution in [-0.2, 0) is 6.54 Å². The van der Waals surface area contributed by atoms with Crippen LogP contribution in [0.1, 0.15) is 30.4 Å². The molecule has 1 aromatic rings. The highest BCUT2D eigenvalue weighted by Gasteiger charge is 2.09. The van der Waals surface area contributed by atoms with E-state index in [2.05, 4.69) is 23.2 Å². The summed E-state index contributed by atoms with van der Waals surface area (Å²) in [6.45, 7) is 7.93. The van der Waals surface area contributed by atoms with Crippen molar-refractivity contribution in [1.82, 2.24) is 10.2 Å². The largest absolute Gasteiger partial charge is 0.313 e. The first-order valence-corrected chi connectivity index (χ1v) is 7.31. The van der Waals surface area contributed by atoms with E-state index in [1.54, 1.807) is 0 Å². The summed E-state index contributed by atoms with van der Waals surface area (Å²) in [5.74, 6) is 0. The van der Waals surface area contributed by atoms with E-state index in [1.165, 1.54) is 50.0 Å². The van der Waals surface area contributed by atoms with E-state index in [0.29, 0.717) is 0 Å². The van der Waals surface area contributed by atoms with Gasteiger partial charge in [-0.05, 0) is 75.6 Å². The minimum atomic E-state index is 0.837. The Hall–Kier alpha value is -0.570. The standard InChI is InChI=1S/C15H23ClN2/c1-13-9-14(11-15(16)10-13)12-17-5-4-8-18-6-2-3-7-18/h9-11,17H,2-8,12H2,1H3. The molecule has 0 saturated carbocycles. The number of likely N-dealkylation sites (tertiary alicyclic amines) is 1. The minimum Gasteiger partial charge on any atom is -0.313 e. The van der Waals surface area contributed by atoms with E-state index in [0.717, 1.165) is 18.1 Å². The molecule has 1 aliphatic rings. The van der Waals surface area contributed by atoms with Gasteiger partial charge in [-0.2, -0.15) is 0 Å². The van der Waals surface area contributed by atoms with Gasteiger partial charge in [0.15, 0.2) is 0 Å². The first-order valence-electron chi connectivity index (χ1n) is 6.93. The molecule has 3 heteroatoms. The Bertz CT molecular complexity index is 353. The van der Waals surface area contributed by atoms with Crippen LogP contribution >= 0.6 is 11.6 Å². The van der Waals surface area contributed by atoms with Crippen LogP contribution in [-0.4, -0.2) is 31.1 Å². The van der Waals surface area contributed by atoms with Gasteiger partial charge < -0.3 is 10.2 Å². The van der Waals surface area contributed by atoms with Crippen LogP contribution in [0.2, 0.25) is 5.02 Å². The van der Waals surface area contributed by atoms with Crippen LogP contribution in [0.15, 0.2) is 18.2 Å². The van der Waals surface area contributed by atoms with E-state index in [1.807, 2.05) is 12.1 Å². The average molecular weight is 267 g/mol. The van der Waals surface area contributed by atoms with Crippen LogP contribution in [0.3, 0.4) is 0 Å². The third-order valence-corrected chi connectivity index (χ3v) is 3.68. The second-order valence-electron chi connectivity index (χ2n) is 5.22. The van der Waals surface area contributed by atoms with Crippen molar-refractivity contribution in [1.29, 1.82) is 0 Å². The lowest BCUT2D eigenvalue weighted by Crippen LogP contribution is -2.24. The summed E-state index contributed by atoms with van der Waals surface area (Å²) in [4.78, 5) is 2.56. The summed E-state index contributed by atoms with van der Waals surface area (Å²) in [6, 6.07) is 6.24. The molecule has 0 bridgehead atoms. The van der Waals surface area contributed by atoms with Crippen LogP contribution in [0, 0.1) is 6.92 Å². The van der Waals surface area contributed by atoms with Gasteiger partial charge in [-0.15, -0.1) is 0 Å². The van der Waals surface area contributed by atoms with Gasteiger partial charge >= 0.3 is 0 Å². The molecular formula is C15H23ClN2. The van der Waals surface area contributed by atoms with Crippen LogP contribution in [0.5, 0.6) is 0 Å². The number of hydrogen-bond acceptors (Lipinski definition) is 2. The van der Waals surface area contributed by atoms with Crippen molar-refractivity contribution >= 4 is 11.6 Å². The minimum absolute atomic E-state index is 0.837. The predicted molar refractivity (Wildman–Crippen MR) is 78.2 cm³/mol. The van der Waals surface area contributed by atoms with Crippen molar-refractivity contribution in [3.05, 3.63) is 34.3 Å². The topological polar surface area (TPSA) is 15.3 Å². The van der Waals surface area contributed by atoms with Gasteiger partial charge in [-0.1, -0.05) is 17.7 Å². The lowest BCUT2D eigenvalue weighted by atomic mass is 10.1. The van der Waals surface area contributed by atoms with Gasteiger partial charge in [0, 0.05) is 11.6 Å². The molecule has 2 rings (SSSR count). The molecule has 0 amide bonds. The fourth-order valence-electron chi connectivity index (χ4n) is 2.58. The Kier molecular flexibility index (Phi) is 5.48. The number of rotatable bonds is 6. The van der Waals surface area contributed by atoms with Gasteiger partial charge in [0.25, 0.3) is 0 Å². The number of hydrogen-bond donors (Lipinski definition) is 1. The molecule has 1 saturated heterocycles. The Balaban J connectivity index is 1.62. The number of nitrogens with zero attached hydrogens (tertiary/aromatic N) is 1. The molecule has 0 radical (unpaired) electrons. The molecule has 1 aromatic carbocycles. The summed E-state index contributed by atoms with van der Waals surface area (Å²) in [5.41, 5.74) is 2.51. The lowest BCUT2D eigenvalue weighted by molar-refractivity contribution is 0.331. The van der Waals surface area contributed by atoms with Crippen molar-refractivity contribution in [3.8, 4) is 0 Å². The van der Waals surface area contributed by atoms with Crippen molar-refractivity contribution < 1.29 is 0 Å². The highest BCUT2D eigenvalue weighted by Crippen LogP contribution is 2.14. The van der Waals surface area contributed by atoms with Crippen LogP contribution in [0.4, 0.5) is 0 Å². The summed E-state index contributed by atoms with van der Waals surface area (Å²) >= 11 is 6.04. The van der Waals surface area contributed by atoms with Crippen molar-refractivity contribution in [3.63, 3.8) is 0 Å². The normalized spacial score (nSPS) is 16.3. The fourth-order valence-corrected chi connectivity index (χ4v) is 2.89. The molecule has 1 fully saturated rings. The quantitative estimate of drug-likeness (QED) is 0.796. The number of benzene rings is 1. The molecular weight excluding hydrogens is 244 g/mol. The molecule has 0 atom stereocenters. The number of halogens is 1. The monoisotopic (exact) mass is 266 g/mol. The SMILES string of the molecule is Cc1cc(Cl)cc(CNCCCN2CCCC2)c1. The first kappa shape index (κ1) is 13.9. The molecule has 1 N–H and O–H groups in total. The highest BCUT2D eigenvalue weighted by atomic mass is 35.5. The molecule has 1 heterocycles. The molecule has 0 aromatic heterocycles. The summed E-state index contributed by atoms with van der Waals surface area (Å²) in [6.07, 6.45) is 4.00. The Labute approximate surface area is 115 Å². The summed E-state index contributed by atoms with van der Waals surface area (Å²) < 4.78 is 0. The van der Waals surface area contributed by atoms with Gasteiger partial charge in [-0.3, -0.25) is 0 Å². The second-order valence-corrected chi connectivity index (χ2v) is 5.65. The fraction of sp³-hybridized carbons (Fsp3) is 0.600. The number of nitrogens with one attached hydrogen (secondary N) is 1. The Morgan fingerprint density at radius 2 is 2.00 bits per heavy atom. The predicted octanol–water partition coefficient (Wildman–Crippen LogP) is 3.22. The smallest absolute Gasteiger partial charge is 0.0411 e. The van der Waals surface area contributed by atoms with Gasteiger partial charge in [0.1, 0.15) is 0 Å². The van der Waals surface area contributed by atoms with E-state index in [9.17, 15) is 0 Å². The van der Waals surface area contributed by atoms with Crippen molar-refractivity contribution in [2.75, 3.05) is 26.2 Å². The molecule has 100 valence electrons. The van der Waals surface area contributed by atoms with Crippen molar-refractivity contribution in [2.24, 2.45) is 0 Å². The Morgan fingerprint density at radius 1 is 1.22 bits per heavy atom. The average Bonchev–Trinajstić information content (AvgIpc) is 2.80. The van der Waals surface area contributed by atoms with Gasteiger partial charge in [0.05, 0.1) is 0 Å². The van der Waals surface area contributed by atoms with Gasteiger partial charge in [-0.25, -0.2) is 0 Å². The summed E-state index contributed by atoms with van der Waals surface area (Å²) in [7, 11) is 0. The molecule has 0 aliphatic carbocycles. The summed E-state index contributed by atoms with van der Waals surface area (Å²) in [5, 5.41) is 4.33. The molecule has 0 unspecified atom stereocenters. The lowest BCUT2D eigenvalue weighted by Gasteiger charge is -2.14. The maximum absolute atomic E-state index is 6.04. The molecule has 18 heavy (non-hydrogen) atoms. The van der Waals surface area contributed by atoms with Crippen LogP contribution in [0.25, 0.3) is 0 Å². The molecule has 2 nitrogen and oxygen atoms in total. The first-order chi connectivity index (χ1) is 8.74. The van der Waals surface area contributed by atoms with Crippen LogP contribution < -0.4 is 5.32 Å². The maximum atomic E-state index is 6.04. The van der Waals surface area contributed by atoms with Gasteiger partial charge in [0.2, 0.25) is 0 Å². The zero-order valence-electron chi connectivity index (χ0n) is 11.2. The molecule has 1 aliphatic heterocycles. The maximum Gasteiger partial charge on any atom is 0.0411 e. The van der Waals surface area contributed by atoms with E-state index >= 15 is 0 Å². The third kappa shape index (κ3) is 4.60. The highest BCUT2D eigenvalue weighted by molar-refractivity contribution is 6.30. The molecule has 0 spiro atoms. The zero-order chi connectivity index (χ0) is 12.8. The van der Waals surface area contributed by atoms with E-state index < -0.39 is 0 Å². The zero-order valence-corrected chi connectivity index (χ0v) is 12.0. The van der Waals surface area contributed by atoms with E-state index in [4.69, 9.17) is 11.6 Å². The van der Waals surface area contributed by atoms with Crippen molar-refractivity contribution in [2.45, 2.75) is 32.7 Å². The second kappa shape index (κ2) is 7.13.